The van der Waals surface area contributed by atoms with Crippen LogP contribution in [0.4, 0.5) is 10.1 Å². The Morgan fingerprint density at radius 2 is 2.00 bits per heavy atom. The lowest BCUT2D eigenvalue weighted by molar-refractivity contribution is -0.00461. The lowest BCUT2D eigenvalue weighted by atomic mass is 10.2. The van der Waals surface area contributed by atoms with Crippen LogP contribution in [0.2, 0.25) is 0 Å². The summed E-state index contributed by atoms with van der Waals surface area (Å²) in [6.45, 7) is 5.50. The van der Waals surface area contributed by atoms with Gasteiger partial charge >= 0.3 is 0 Å². The van der Waals surface area contributed by atoms with Crippen LogP contribution in [-0.4, -0.2) is 59.7 Å². The van der Waals surface area contributed by atoms with Gasteiger partial charge in [0.05, 0.1) is 38.0 Å². The van der Waals surface area contributed by atoms with Crippen molar-refractivity contribution in [3.63, 3.8) is 0 Å². The zero-order valence-corrected chi connectivity index (χ0v) is 14.8. The Labute approximate surface area is 150 Å². The maximum Gasteiger partial charge on any atom is 0.131 e. The Kier molecular flexibility index (Phi) is 4.93. The summed E-state index contributed by atoms with van der Waals surface area (Å²) < 4.78 is 25.4. The second kappa shape index (κ2) is 7.33. The van der Waals surface area contributed by atoms with Gasteiger partial charge in [0.1, 0.15) is 15.8 Å². The number of aromatic nitrogens is 2. The summed E-state index contributed by atoms with van der Waals surface area (Å²) in [5.74, 6) is -0.250. The van der Waals surface area contributed by atoms with Crippen molar-refractivity contribution in [2.75, 3.05) is 31.6 Å². The summed E-state index contributed by atoms with van der Waals surface area (Å²) >= 11 is 1.63. The van der Waals surface area contributed by atoms with Crippen LogP contribution < -0.4 is 5.32 Å². The highest BCUT2D eigenvalue weighted by Gasteiger charge is 2.37. The summed E-state index contributed by atoms with van der Waals surface area (Å²) in [4.78, 5) is 2.30. The molecule has 2 aliphatic heterocycles. The number of anilines is 1. The predicted octanol–water partition coefficient (Wildman–Crippen LogP) is 2.07. The van der Waals surface area contributed by atoms with Crippen LogP contribution in [0.5, 0.6) is 0 Å². The molecule has 4 rings (SSSR count). The van der Waals surface area contributed by atoms with Gasteiger partial charge in [0.2, 0.25) is 0 Å². The summed E-state index contributed by atoms with van der Waals surface area (Å²) in [7, 11) is 0. The maximum absolute atomic E-state index is 13.3. The highest BCUT2D eigenvalue weighted by atomic mass is 32.1. The lowest BCUT2D eigenvalue weighted by Gasteiger charge is -2.19. The first kappa shape index (κ1) is 16.8. The van der Waals surface area contributed by atoms with E-state index >= 15 is 0 Å². The van der Waals surface area contributed by atoms with Crippen LogP contribution in [0.15, 0.2) is 24.3 Å². The molecule has 1 aromatic heterocycles. The van der Waals surface area contributed by atoms with E-state index < -0.39 is 0 Å². The molecule has 2 aliphatic rings. The second-order valence-corrected chi connectivity index (χ2v) is 7.77. The van der Waals surface area contributed by atoms with Crippen LogP contribution in [0.25, 0.3) is 0 Å². The van der Waals surface area contributed by atoms with Gasteiger partial charge in [-0.2, -0.15) is 0 Å². The van der Waals surface area contributed by atoms with E-state index in [4.69, 9.17) is 9.47 Å². The molecule has 8 heteroatoms. The molecule has 0 saturated carbocycles. The van der Waals surface area contributed by atoms with Gasteiger partial charge in [0.25, 0.3) is 0 Å². The molecule has 0 spiro atoms. The van der Waals surface area contributed by atoms with Gasteiger partial charge in [-0.05, 0) is 25.1 Å². The zero-order valence-electron chi connectivity index (χ0n) is 14.0. The van der Waals surface area contributed by atoms with Gasteiger partial charge in [0.15, 0.2) is 0 Å². The first-order chi connectivity index (χ1) is 12.2. The van der Waals surface area contributed by atoms with Crippen LogP contribution in [0.3, 0.4) is 0 Å². The Morgan fingerprint density at radius 1 is 1.24 bits per heavy atom. The molecule has 2 aromatic rings. The number of rotatable bonds is 4. The highest BCUT2D eigenvalue weighted by Crippen LogP contribution is 2.23. The molecule has 25 heavy (non-hydrogen) atoms. The van der Waals surface area contributed by atoms with Gasteiger partial charge in [-0.25, -0.2) is 4.39 Å². The molecule has 2 fully saturated rings. The molecule has 0 amide bonds. The number of likely N-dealkylation sites (tertiary alicyclic amines) is 1. The molecule has 134 valence electrons. The third-order valence-electron chi connectivity index (χ3n) is 4.44. The fraction of sp³-hybridized carbons (Fsp3) is 0.529. The monoisotopic (exact) mass is 364 g/mol. The molecule has 1 N–H and O–H groups in total. The normalized spacial score (nSPS) is 24.9. The molecule has 0 aliphatic carbocycles. The summed E-state index contributed by atoms with van der Waals surface area (Å²) in [5.41, 5.74) is 0.748. The minimum Gasteiger partial charge on any atom is -0.378 e. The third-order valence-corrected chi connectivity index (χ3v) is 5.26. The van der Waals surface area contributed by atoms with Crippen molar-refractivity contribution in [1.82, 2.24) is 15.1 Å². The second-order valence-electron chi connectivity index (χ2n) is 6.50. The topological polar surface area (TPSA) is 59.5 Å². The smallest absolute Gasteiger partial charge is 0.131 e. The summed E-state index contributed by atoms with van der Waals surface area (Å²) in [5, 5.41) is 13.6. The number of hydrogen-bond acceptors (Lipinski definition) is 7. The van der Waals surface area contributed by atoms with Crippen LogP contribution in [0, 0.1) is 12.7 Å². The SMILES string of the molecule is Cc1nnc(CN2C[C@@H]3OCC(Nc4cccc(F)c4)CO[C@H]3C2)s1. The quantitative estimate of drug-likeness (QED) is 0.896. The van der Waals surface area contributed by atoms with Gasteiger partial charge in [-0.1, -0.05) is 6.07 Å². The highest BCUT2D eigenvalue weighted by molar-refractivity contribution is 7.11. The van der Waals surface area contributed by atoms with Crippen molar-refractivity contribution in [2.24, 2.45) is 0 Å². The number of ether oxygens (including phenoxy) is 2. The first-order valence-electron chi connectivity index (χ1n) is 8.42. The molecule has 2 atom stereocenters. The van der Waals surface area contributed by atoms with E-state index in [1.165, 1.54) is 12.1 Å². The first-order valence-corrected chi connectivity index (χ1v) is 9.24. The maximum atomic E-state index is 13.3. The average molecular weight is 364 g/mol. The fourth-order valence-corrected chi connectivity index (χ4v) is 4.04. The van der Waals surface area contributed by atoms with Crippen LogP contribution in [-0.2, 0) is 16.0 Å². The third kappa shape index (κ3) is 4.14. The van der Waals surface area contributed by atoms with E-state index in [0.29, 0.717) is 13.2 Å². The Hall–Kier alpha value is -1.61. The number of halogens is 1. The predicted molar refractivity (Wildman–Crippen MR) is 93.2 cm³/mol. The summed E-state index contributed by atoms with van der Waals surface area (Å²) in [6, 6.07) is 6.48. The fourth-order valence-electron chi connectivity index (χ4n) is 3.29. The summed E-state index contributed by atoms with van der Waals surface area (Å²) in [6.07, 6.45) is 0.127. The van der Waals surface area contributed by atoms with Crippen molar-refractivity contribution in [1.29, 1.82) is 0 Å². The van der Waals surface area contributed by atoms with E-state index in [-0.39, 0.29) is 24.1 Å². The molecule has 0 radical (unpaired) electrons. The van der Waals surface area contributed by atoms with E-state index in [2.05, 4.69) is 20.4 Å². The Balaban J connectivity index is 1.31. The zero-order chi connectivity index (χ0) is 17.2. The van der Waals surface area contributed by atoms with E-state index in [1.807, 2.05) is 13.0 Å². The molecular formula is C17H21FN4O2S. The largest absolute Gasteiger partial charge is 0.378 e. The molecule has 0 bridgehead atoms. The average Bonchev–Trinajstić information content (AvgIpc) is 3.11. The van der Waals surface area contributed by atoms with Crippen LogP contribution in [0.1, 0.15) is 10.0 Å². The van der Waals surface area contributed by atoms with Gasteiger partial charge in [0, 0.05) is 18.8 Å². The minimum absolute atomic E-state index is 0.0201. The number of nitrogens with one attached hydrogen (secondary N) is 1. The molecule has 0 unspecified atom stereocenters. The van der Waals surface area contributed by atoms with E-state index in [1.54, 1.807) is 17.4 Å². The number of nitrogens with zero attached hydrogens (tertiary/aromatic N) is 3. The number of fused-ring (bicyclic) bond motifs is 1. The van der Waals surface area contributed by atoms with Crippen molar-refractivity contribution < 1.29 is 13.9 Å². The lowest BCUT2D eigenvalue weighted by Crippen LogP contribution is -2.31. The minimum atomic E-state index is -0.250. The molecular weight excluding hydrogens is 343 g/mol. The number of aryl methyl sites for hydroxylation is 1. The van der Waals surface area contributed by atoms with Crippen molar-refractivity contribution >= 4 is 17.0 Å². The van der Waals surface area contributed by atoms with E-state index in [0.717, 1.165) is 35.3 Å². The molecule has 3 heterocycles. The van der Waals surface area contributed by atoms with Crippen molar-refractivity contribution in [3.05, 3.63) is 40.1 Å². The Bertz CT molecular complexity index is 712. The number of hydrogen-bond donors (Lipinski definition) is 1. The van der Waals surface area contributed by atoms with Crippen LogP contribution >= 0.6 is 11.3 Å². The number of benzene rings is 1. The Morgan fingerprint density at radius 3 is 2.64 bits per heavy atom. The van der Waals surface area contributed by atoms with Gasteiger partial charge in [-0.3, -0.25) is 4.90 Å². The van der Waals surface area contributed by atoms with Crippen molar-refractivity contribution in [2.45, 2.75) is 31.7 Å². The van der Waals surface area contributed by atoms with Gasteiger partial charge in [-0.15, -0.1) is 21.5 Å². The van der Waals surface area contributed by atoms with Gasteiger partial charge < -0.3 is 14.8 Å². The molecule has 2 saturated heterocycles. The molecule has 1 aromatic carbocycles. The standard InChI is InChI=1S/C17H21FN4O2S/c1-11-20-21-17(25-11)8-22-6-15-16(7-22)24-10-14(9-23-15)19-13-4-2-3-12(18)5-13/h2-5,14-16,19H,6-10H2,1H3/t15-,16-/m0/s1. The van der Waals surface area contributed by atoms with Crippen molar-refractivity contribution in [3.8, 4) is 0 Å². The molecule has 6 nitrogen and oxygen atoms in total. The van der Waals surface area contributed by atoms with E-state index in [9.17, 15) is 4.39 Å².